The minimum Gasteiger partial charge on any atom is -0.480 e. The molecule has 1 aromatic heterocycles. The van der Waals surface area contributed by atoms with Gasteiger partial charge in [-0.25, -0.2) is 15.2 Å². The molecule has 1 fully saturated rings. The predicted octanol–water partition coefficient (Wildman–Crippen LogP) is 2.17. The summed E-state index contributed by atoms with van der Waals surface area (Å²) in [7, 11) is 0. The number of thiazole rings is 1. The molecule has 156 valence electrons. The smallest absolute Gasteiger partial charge is 0.408 e. The minimum atomic E-state index is -1.02. The van der Waals surface area contributed by atoms with Crippen LogP contribution in [0.25, 0.3) is 0 Å². The lowest BCUT2D eigenvalue weighted by molar-refractivity contribution is -0.150. The highest BCUT2D eigenvalue weighted by Crippen LogP contribution is 2.20. The standard InChI is InChI=1S/C17H25BrN4O5S/c1-9-5-6-22(21-13(9)15(24)25)14(23)10(7-12-20-11(18)8-28-12)19-16(26)27-17(2,3)4/h8-10,13,21H,5-7H2,1-4H3,(H,19,26)(H,24,25)/t9-,10?,13-/m0/s1. The Morgan fingerprint density at radius 2 is 2.18 bits per heavy atom. The maximum atomic E-state index is 13.1. The molecule has 11 heteroatoms. The van der Waals surface area contributed by atoms with E-state index in [0.717, 1.165) is 0 Å². The zero-order valence-corrected chi connectivity index (χ0v) is 18.6. The number of carbonyl (C=O) groups is 3. The Hall–Kier alpha value is -1.72. The molecule has 1 aromatic rings. The van der Waals surface area contributed by atoms with Crippen molar-refractivity contribution >= 4 is 45.2 Å². The van der Waals surface area contributed by atoms with E-state index >= 15 is 0 Å². The number of hydrogen-bond acceptors (Lipinski definition) is 7. The number of ether oxygens (including phenoxy) is 1. The molecular formula is C17H25BrN4O5S. The number of carbonyl (C=O) groups excluding carboxylic acids is 2. The van der Waals surface area contributed by atoms with Crippen LogP contribution in [-0.4, -0.2) is 57.3 Å². The number of carboxylic acid groups (broad SMARTS) is 1. The van der Waals surface area contributed by atoms with Gasteiger partial charge in [0.05, 0.1) is 5.01 Å². The maximum Gasteiger partial charge on any atom is 0.408 e. The summed E-state index contributed by atoms with van der Waals surface area (Å²) in [4.78, 5) is 41.0. The Kier molecular flexibility index (Phi) is 7.40. The van der Waals surface area contributed by atoms with Crippen LogP contribution >= 0.6 is 27.3 Å². The van der Waals surface area contributed by atoms with Gasteiger partial charge in [0.25, 0.3) is 5.91 Å². The van der Waals surface area contributed by atoms with Crippen molar-refractivity contribution in [3.63, 3.8) is 0 Å². The Balaban J connectivity index is 2.15. The van der Waals surface area contributed by atoms with Crippen molar-refractivity contribution in [3.8, 4) is 0 Å². The highest BCUT2D eigenvalue weighted by atomic mass is 79.9. The van der Waals surface area contributed by atoms with Crippen molar-refractivity contribution < 1.29 is 24.2 Å². The first-order chi connectivity index (χ1) is 13.0. The lowest BCUT2D eigenvalue weighted by atomic mass is 9.96. The molecule has 0 aromatic carbocycles. The van der Waals surface area contributed by atoms with Crippen LogP contribution in [-0.2, 0) is 20.7 Å². The number of aliphatic carboxylic acids is 1. The highest BCUT2D eigenvalue weighted by Gasteiger charge is 2.36. The average molecular weight is 477 g/mol. The number of alkyl carbamates (subject to hydrolysis) is 1. The van der Waals surface area contributed by atoms with Gasteiger partial charge in [0.1, 0.15) is 22.3 Å². The van der Waals surface area contributed by atoms with Crippen molar-refractivity contribution in [2.75, 3.05) is 6.54 Å². The second-order valence-electron chi connectivity index (χ2n) is 7.67. The van der Waals surface area contributed by atoms with Gasteiger partial charge < -0.3 is 15.2 Å². The van der Waals surface area contributed by atoms with Gasteiger partial charge in [-0.05, 0) is 49.0 Å². The van der Waals surface area contributed by atoms with Crippen LogP contribution in [0, 0.1) is 5.92 Å². The first-order valence-corrected chi connectivity index (χ1v) is 10.5. The van der Waals surface area contributed by atoms with E-state index < -0.39 is 35.7 Å². The quantitative estimate of drug-likeness (QED) is 0.595. The third-order valence-corrected chi connectivity index (χ3v) is 5.68. The van der Waals surface area contributed by atoms with Crippen LogP contribution in [0.1, 0.15) is 39.1 Å². The topological polar surface area (TPSA) is 121 Å². The van der Waals surface area contributed by atoms with Crippen LogP contribution in [0.4, 0.5) is 4.79 Å². The van der Waals surface area contributed by atoms with E-state index in [9.17, 15) is 19.5 Å². The van der Waals surface area contributed by atoms with Gasteiger partial charge in [0.15, 0.2) is 0 Å². The number of halogens is 1. The largest absolute Gasteiger partial charge is 0.480 e. The molecule has 0 spiro atoms. The number of carboxylic acids is 1. The van der Waals surface area contributed by atoms with Crippen molar-refractivity contribution in [1.29, 1.82) is 0 Å². The van der Waals surface area contributed by atoms with Gasteiger partial charge >= 0.3 is 12.1 Å². The first kappa shape index (κ1) is 22.6. The second kappa shape index (κ2) is 9.19. The van der Waals surface area contributed by atoms with Crippen LogP contribution in [0.3, 0.4) is 0 Å². The molecule has 1 aliphatic rings. The molecule has 9 nitrogen and oxygen atoms in total. The molecule has 3 N–H and O–H groups in total. The Morgan fingerprint density at radius 1 is 1.50 bits per heavy atom. The fourth-order valence-corrected chi connectivity index (χ4v) is 4.04. The lowest BCUT2D eigenvalue weighted by Gasteiger charge is -2.37. The number of hydrazine groups is 1. The minimum absolute atomic E-state index is 0.117. The summed E-state index contributed by atoms with van der Waals surface area (Å²) in [5.74, 6) is -1.57. The molecule has 2 amide bonds. The molecular weight excluding hydrogens is 452 g/mol. The van der Waals surface area contributed by atoms with E-state index in [0.29, 0.717) is 22.6 Å². The highest BCUT2D eigenvalue weighted by molar-refractivity contribution is 9.10. The second-order valence-corrected chi connectivity index (χ2v) is 9.42. The number of amides is 2. The zero-order valence-electron chi connectivity index (χ0n) is 16.2. The Bertz CT molecular complexity index is 735. The maximum absolute atomic E-state index is 13.1. The number of hydrogen-bond donors (Lipinski definition) is 3. The van der Waals surface area contributed by atoms with Gasteiger partial charge in [-0.3, -0.25) is 14.6 Å². The number of nitrogens with zero attached hydrogens (tertiary/aromatic N) is 2. The SMILES string of the molecule is C[C@H]1CCN(C(=O)C(Cc2nc(Br)cs2)NC(=O)OC(C)(C)C)N[C@@H]1C(=O)O. The third kappa shape index (κ3) is 6.42. The predicted molar refractivity (Wildman–Crippen MR) is 107 cm³/mol. The summed E-state index contributed by atoms with van der Waals surface area (Å²) in [5, 5.41) is 15.7. The monoisotopic (exact) mass is 476 g/mol. The molecule has 0 bridgehead atoms. The summed E-state index contributed by atoms with van der Waals surface area (Å²) in [5.41, 5.74) is 2.05. The zero-order chi connectivity index (χ0) is 21.1. The van der Waals surface area contributed by atoms with Crippen LogP contribution < -0.4 is 10.7 Å². The third-order valence-electron chi connectivity index (χ3n) is 4.10. The van der Waals surface area contributed by atoms with Gasteiger partial charge in [-0.15, -0.1) is 11.3 Å². The van der Waals surface area contributed by atoms with Gasteiger partial charge in [0.2, 0.25) is 0 Å². The van der Waals surface area contributed by atoms with E-state index in [1.54, 1.807) is 26.2 Å². The molecule has 1 aliphatic heterocycles. The molecule has 1 saturated heterocycles. The Labute approximate surface area is 175 Å². The summed E-state index contributed by atoms with van der Waals surface area (Å²) in [6.07, 6.45) is -0.0149. The van der Waals surface area contributed by atoms with E-state index in [4.69, 9.17) is 4.74 Å². The molecule has 1 unspecified atom stereocenters. The Morgan fingerprint density at radius 3 is 2.71 bits per heavy atom. The summed E-state index contributed by atoms with van der Waals surface area (Å²) in [6, 6.07) is -1.81. The summed E-state index contributed by atoms with van der Waals surface area (Å²) in [6.45, 7) is 7.35. The fraction of sp³-hybridized carbons (Fsp3) is 0.647. The fourth-order valence-electron chi connectivity index (χ4n) is 2.73. The number of rotatable bonds is 5. The van der Waals surface area contributed by atoms with Gasteiger partial charge in [-0.2, -0.15) is 0 Å². The van der Waals surface area contributed by atoms with Crippen molar-refractivity contribution in [2.24, 2.45) is 5.92 Å². The summed E-state index contributed by atoms with van der Waals surface area (Å²) >= 11 is 4.62. The number of nitrogens with one attached hydrogen (secondary N) is 2. The van der Waals surface area contributed by atoms with Gasteiger partial charge in [-0.1, -0.05) is 6.92 Å². The van der Waals surface area contributed by atoms with Crippen LogP contribution in [0.2, 0.25) is 0 Å². The van der Waals surface area contributed by atoms with Gasteiger partial charge in [0, 0.05) is 18.3 Å². The van der Waals surface area contributed by atoms with Crippen LogP contribution in [0.15, 0.2) is 9.98 Å². The molecule has 2 rings (SSSR count). The molecule has 28 heavy (non-hydrogen) atoms. The van der Waals surface area contributed by atoms with Crippen molar-refractivity contribution in [2.45, 2.75) is 58.2 Å². The molecule has 0 saturated carbocycles. The van der Waals surface area contributed by atoms with E-state index in [-0.39, 0.29) is 12.3 Å². The summed E-state index contributed by atoms with van der Waals surface area (Å²) < 4.78 is 5.91. The van der Waals surface area contributed by atoms with Crippen LogP contribution in [0.5, 0.6) is 0 Å². The van der Waals surface area contributed by atoms with E-state index in [2.05, 4.69) is 31.7 Å². The normalized spacial score (nSPS) is 21.1. The molecule has 0 aliphatic carbocycles. The van der Waals surface area contributed by atoms with E-state index in [1.807, 2.05) is 6.92 Å². The lowest BCUT2D eigenvalue weighted by Crippen LogP contribution is -2.62. The molecule has 3 atom stereocenters. The number of aromatic nitrogens is 1. The first-order valence-electron chi connectivity index (χ1n) is 8.86. The van der Waals surface area contributed by atoms with Crippen molar-refractivity contribution in [1.82, 2.24) is 20.7 Å². The average Bonchev–Trinajstić information content (AvgIpc) is 2.97. The van der Waals surface area contributed by atoms with Crippen molar-refractivity contribution in [3.05, 3.63) is 15.0 Å². The van der Waals surface area contributed by atoms with E-state index in [1.165, 1.54) is 16.3 Å². The molecule has 2 heterocycles. The molecule has 0 radical (unpaired) electrons.